The molecule has 0 aliphatic carbocycles. The molecule has 1 fully saturated rings. The largest absolute Gasteiger partial charge is 0.334 e. The third kappa shape index (κ3) is 4.06. The molecule has 1 aliphatic heterocycles. The van der Waals surface area contributed by atoms with Gasteiger partial charge in [0.25, 0.3) is 0 Å². The highest BCUT2D eigenvalue weighted by molar-refractivity contribution is 5.77. The first-order chi connectivity index (χ1) is 11.9. The molecule has 4 heteroatoms. The summed E-state index contributed by atoms with van der Waals surface area (Å²) in [4.78, 5) is 19.3. The number of aryl methyl sites for hydroxylation is 1. The molecular formula is C21H25FN2O. The number of carbonyl (C=O) groups excluding carboxylic acids is 1. The minimum absolute atomic E-state index is 0.0466. The number of hydrogen-bond acceptors (Lipinski definition) is 2. The van der Waals surface area contributed by atoms with Crippen molar-refractivity contribution in [3.8, 4) is 11.1 Å². The lowest BCUT2D eigenvalue weighted by molar-refractivity contribution is -0.133. The van der Waals surface area contributed by atoms with Crippen molar-refractivity contribution in [2.75, 3.05) is 6.54 Å². The van der Waals surface area contributed by atoms with E-state index < -0.39 is 0 Å². The molecule has 1 aromatic heterocycles. The van der Waals surface area contributed by atoms with E-state index in [0.717, 1.165) is 41.9 Å². The lowest BCUT2D eigenvalue weighted by atomic mass is 10.0. The Morgan fingerprint density at radius 2 is 1.96 bits per heavy atom. The smallest absolute Gasteiger partial charge is 0.223 e. The molecule has 2 heterocycles. The monoisotopic (exact) mass is 340 g/mol. The molecule has 0 radical (unpaired) electrons. The summed E-state index contributed by atoms with van der Waals surface area (Å²) in [7, 11) is 0. The Bertz CT molecular complexity index is 755. The average molecular weight is 340 g/mol. The zero-order valence-electron chi connectivity index (χ0n) is 15.1. The summed E-state index contributed by atoms with van der Waals surface area (Å²) in [6.07, 6.45) is 2.53. The van der Waals surface area contributed by atoms with E-state index in [1.807, 2.05) is 24.0 Å². The first kappa shape index (κ1) is 17.6. The van der Waals surface area contributed by atoms with Crippen LogP contribution in [-0.4, -0.2) is 22.3 Å². The van der Waals surface area contributed by atoms with Crippen LogP contribution in [0.15, 0.2) is 36.4 Å². The minimum atomic E-state index is -0.240. The molecular weight excluding hydrogens is 315 g/mol. The van der Waals surface area contributed by atoms with E-state index in [4.69, 9.17) is 4.98 Å². The number of rotatable bonds is 4. The maximum Gasteiger partial charge on any atom is 0.223 e. The molecule has 0 spiro atoms. The van der Waals surface area contributed by atoms with Crippen LogP contribution >= 0.6 is 0 Å². The molecule has 3 rings (SSSR count). The highest BCUT2D eigenvalue weighted by Crippen LogP contribution is 2.34. The summed E-state index contributed by atoms with van der Waals surface area (Å²) in [6, 6.07) is 10.6. The van der Waals surface area contributed by atoms with E-state index in [1.165, 1.54) is 12.1 Å². The third-order valence-corrected chi connectivity index (χ3v) is 4.65. The molecule has 0 saturated carbocycles. The highest BCUT2D eigenvalue weighted by Gasteiger charge is 2.31. The quantitative estimate of drug-likeness (QED) is 0.792. The van der Waals surface area contributed by atoms with Gasteiger partial charge in [-0.2, -0.15) is 0 Å². The van der Waals surface area contributed by atoms with Crippen LogP contribution in [0, 0.1) is 18.7 Å². The van der Waals surface area contributed by atoms with Crippen molar-refractivity contribution in [3.05, 3.63) is 53.6 Å². The summed E-state index contributed by atoms with van der Waals surface area (Å²) in [5, 5.41) is 0. The van der Waals surface area contributed by atoms with Gasteiger partial charge in [0.1, 0.15) is 5.82 Å². The van der Waals surface area contributed by atoms with Crippen molar-refractivity contribution in [2.24, 2.45) is 5.92 Å². The molecule has 2 aromatic rings. The molecule has 1 aliphatic rings. The molecule has 0 N–H and O–H groups in total. The fourth-order valence-corrected chi connectivity index (χ4v) is 3.51. The van der Waals surface area contributed by atoms with Crippen molar-refractivity contribution < 1.29 is 9.18 Å². The highest BCUT2D eigenvalue weighted by atomic mass is 19.1. The van der Waals surface area contributed by atoms with Crippen molar-refractivity contribution in [3.63, 3.8) is 0 Å². The first-order valence-corrected chi connectivity index (χ1v) is 8.98. The predicted molar refractivity (Wildman–Crippen MR) is 97.5 cm³/mol. The summed E-state index contributed by atoms with van der Waals surface area (Å²) in [5.41, 5.74) is 3.84. The van der Waals surface area contributed by atoms with E-state index in [9.17, 15) is 9.18 Å². The van der Waals surface area contributed by atoms with Crippen LogP contribution in [0.1, 0.15) is 50.5 Å². The molecule has 1 atom stereocenters. The molecule has 1 saturated heterocycles. The SMILES string of the molecule is Cc1cc(-c2ccc(F)cc2)cc(C2CCCN2C(=O)CC(C)C)n1. The Morgan fingerprint density at radius 1 is 1.24 bits per heavy atom. The van der Waals surface area contributed by atoms with Gasteiger partial charge in [0.15, 0.2) is 0 Å². The number of likely N-dealkylation sites (tertiary alicyclic amines) is 1. The Hall–Kier alpha value is -2.23. The number of hydrogen-bond donors (Lipinski definition) is 0. The number of aromatic nitrogens is 1. The Kier molecular flexibility index (Phi) is 5.16. The fourth-order valence-electron chi connectivity index (χ4n) is 3.51. The average Bonchev–Trinajstić information content (AvgIpc) is 3.04. The second-order valence-electron chi connectivity index (χ2n) is 7.27. The van der Waals surface area contributed by atoms with Crippen molar-refractivity contribution >= 4 is 5.91 Å². The summed E-state index contributed by atoms with van der Waals surface area (Å²) >= 11 is 0. The molecule has 132 valence electrons. The maximum atomic E-state index is 13.2. The zero-order valence-corrected chi connectivity index (χ0v) is 15.1. The van der Waals surface area contributed by atoms with Gasteiger partial charge >= 0.3 is 0 Å². The Labute approximate surface area is 148 Å². The maximum absolute atomic E-state index is 13.2. The van der Waals surface area contributed by atoms with Crippen LogP contribution in [0.4, 0.5) is 4.39 Å². The van der Waals surface area contributed by atoms with E-state index in [0.29, 0.717) is 12.3 Å². The van der Waals surface area contributed by atoms with E-state index >= 15 is 0 Å². The first-order valence-electron chi connectivity index (χ1n) is 8.98. The molecule has 3 nitrogen and oxygen atoms in total. The van der Waals surface area contributed by atoms with Crippen molar-refractivity contribution in [1.29, 1.82) is 0 Å². The number of pyridine rings is 1. The lowest BCUT2D eigenvalue weighted by Crippen LogP contribution is -2.31. The van der Waals surface area contributed by atoms with Gasteiger partial charge in [-0.25, -0.2) is 4.39 Å². The summed E-state index contributed by atoms with van der Waals surface area (Å²) < 4.78 is 13.2. The van der Waals surface area contributed by atoms with Crippen LogP contribution in [0.25, 0.3) is 11.1 Å². The number of nitrogens with zero attached hydrogens (tertiary/aromatic N) is 2. The second kappa shape index (κ2) is 7.34. The van der Waals surface area contributed by atoms with E-state index in [2.05, 4.69) is 13.8 Å². The van der Waals surface area contributed by atoms with Crippen LogP contribution in [0.3, 0.4) is 0 Å². The lowest BCUT2D eigenvalue weighted by Gasteiger charge is -2.26. The van der Waals surface area contributed by atoms with Crippen molar-refractivity contribution in [1.82, 2.24) is 9.88 Å². The van der Waals surface area contributed by atoms with Crippen LogP contribution in [-0.2, 0) is 4.79 Å². The number of halogens is 1. The second-order valence-corrected chi connectivity index (χ2v) is 7.27. The van der Waals surface area contributed by atoms with Gasteiger partial charge in [-0.1, -0.05) is 26.0 Å². The van der Waals surface area contributed by atoms with Crippen LogP contribution < -0.4 is 0 Å². The van der Waals surface area contributed by atoms with Crippen molar-refractivity contribution in [2.45, 2.75) is 46.1 Å². The van der Waals surface area contributed by atoms with E-state index in [1.54, 1.807) is 12.1 Å². The number of amides is 1. The molecule has 1 aromatic carbocycles. The number of benzene rings is 1. The van der Waals surface area contributed by atoms with Gasteiger partial charge in [-0.05, 0) is 61.1 Å². The normalized spacial score (nSPS) is 17.3. The molecule has 1 amide bonds. The fraction of sp³-hybridized carbons (Fsp3) is 0.429. The van der Waals surface area contributed by atoms with Gasteiger partial charge < -0.3 is 4.90 Å². The minimum Gasteiger partial charge on any atom is -0.334 e. The molecule has 25 heavy (non-hydrogen) atoms. The Balaban J connectivity index is 1.91. The summed E-state index contributed by atoms with van der Waals surface area (Å²) in [6.45, 7) is 6.91. The van der Waals surface area contributed by atoms with E-state index in [-0.39, 0.29) is 17.8 Å². The molecule has 0 bridgehead atoms. The van der Waals surface area contributed by atoms with Crippen LogP contribution in [0.5, 0.6) is 0 Å². The van der Waals surface area contributed by atoms with Gasteiger partial charge in [-0.15, -0.1) is 0 Å². The topological polar surface area (TPSA) is 33.2 Å². The number of carbonyl (C=O) groups is 1. The van der Waals surface area contributed by atoms with Gasteiger partial charge in [0, 0.05) is 18.7 Å². The van der Waals surface area contributed by atoms with Gasteiger partial charge in [-0.3, -0.25) is 9.78 Å². The van der Waals surface area contributed by atoms with Gasteiger partial charge in [0.2, 0.25) is 5.91 Å². The van der Waals surface area contributed by atoms with Crippen LogP contribution in [0.2, 0.25) is 0 Å². The predicted octanol–water partition coefficient (Wildman–Crippen LogP) is 4.91. The van der Waals surface area contributed by atoms with Gasteiger partial charge in [0.05, 0.1) is 11.7 Å². The standard InChI is InChI=1S/C21H25FN2O/c1-14(2)11-21(25)24-10-4-5-20(24)19-13-17(12-15(3)23-19)16-6-8-18(22)9-7-16/h6-9,12-14,20H,4-5,10-11H2,1-3H3. The Morgan fingerprint density at radius 3 is 2.64 bits per heavy atom. The summed E-state index contributed by atoms with van der Waals surface area (Å²) in [5.74, 6) is 0.328. The third-order valence-electron chi connectivity index (χ3n) is 4.65. The zero-order chi connectivity index (χ0) is 18.0. The molecule has 1 unspecified atom stereocenters.